The van der Waals surface area contributed by atoms with Crippen LogP contribution in [0.3, 0.4) is 0 Å². The van der Waals surface area contributed by atoms with Crippen LogP contribution in [-0.4, -0.2) is 23.4 Å². The molecule has 2 rings (SSSR count). The lowest BCUT2D eigenvalue weighted by atomic mass is 9.85. The van der Waals surface area contributed by atoms with Crippen LogP contribution in [0.15, 0.2) is 0 Å². The molecule has 2 bridgehead atoms. The van der Waals surface area contributed by atoms with E-state index in [9.17, 15) is 0 Å². The topological polar surface area (TPSA) is 29.5 Å². The molecule has 70 valence electrons. The van der Waals surface area contributed by atoms with E-state index in [2.05, 4.69) is 0 Å². The summed E-state index contributed by atoms with van der Waals surface area (Å²) >= 11 is 0. The van der Waals surface area contributed by atoms with Gasteiger partial charge in [0.25, 0.3) is 0 Å². The Labute approximate surface area is 73.9 Å². The van der Waals surface area contributed by atoms with Crippen molar-refractivity contribution in [3.05, 3.63) is 0 Å². The lowest BCUT2D eigenvalue weighted by molar-refractivity contribution is 0.0874. The SMILES string of the molecule is C[C@H](O)CCC1CC2CCC1O2. The Morgan fingerprint density at radius 2 is 2.33 bits per heavy atom. The van der Waals surface area contributed by atoms with Crippen LogP contribution in [0.5, 0.6) is 0 Å². The van der Waals surface area contributed by atoms with Crippen molar-refractivity contribution in [1.82, 2.24) is 0 Å². The highest BCUT2D eigenvalue weighted by Crippen LogP contribution is 2.40. The summed E-state index contributed by atoms with van der Waals surface area (Å²) in [4.78, 5) is 0. The highest BCUT2D eigenvalue weighted by atomic mass is 16.5. The van der Waals surface area contributed by atoms with E-state index in [1.807, 2.05) is 6.92 Å². The molecular formula is C10H18O2. The van der Waals surface area contributed by atoms with E-state index in [-0.39, 0.29) is 6.10 Å². The summed E-state index contributed by atoms with van der Waals surface area (Å²) in [6.45, 7) is 1.87. The van der Waals surface area contributed by atoms with Gasteiger partial charge in [-0.05, 0) is 44.9 Å². The van der Waals surface area contributed by atoms with Gasteiger partial charge in [-0.3, -0.25) is 0 Å². The number of hydrogen-bond acceptors (Lipinski definition) is 2. The molecule has 2 heterocycles. The van der Waals surface area contributed by atoms with Gasteiger partial charge in [0.1, 0.15) is 0 Å². The molecule has 12 heavy (non-hydrogen) atoms. The highest BCUT2D eigenvalue weighted by Gasteiger charge is 2.40. The Hall–Kier alpha value is -0.0800. The van der Waals surface area contributed by atoms with Crippen LogP contribution in [-0.2, 0) is 4.74 Å². The van der Waals surface area contributed by atoms with Gasteiger partial charge in [-0.15, -0.1) is 0 Å². The lowest BCUT2D eigenvalue weighted by Gasteiger charge is -2.18. The molecule has 0 aromatic rings. The highest BCUT2D eigenvalue weighted by molar-refractivity contribution is 4.89. The number of rotatable bonds is 3. The van der Waals surface area contributed by atoms with Gasteiger partial charge in [0.2, 0.25) is 0 Å². The van der Waals surface area contributed by atoms with Crippen molar-refractivity contribution in [1.29, 1.82) is 0 Å². The summed E-state index contributed by atoms with van der Waals surface area (Å²) in [6, 6.07) is 0. The van der Waals surface area contributed by atoms with E-state index in [4.69, 9.17) is 9.84 Å². The van der Waals surface area contributed by atoms with E-state index in [0.29, 0.717) is 12.2 Å². The van der Waals surface area contributed by atoms with E-state index < -0.39 is 0 Å². The van der Waals surface area contributed by atoms with Crippen molar-refractivity contribution in [2.24, 2.45) is 5.92 Å². The molecule has 0 spiro atoms. The molecule has 3 unspecified atom stereocenters. The average Bonchev–Trinajstić information content (AvgIpc) is 2.60. The second-order valence-corrected chi connectivity index (χ2v) is 4.30. The van der Waals surface area contributed by atoms with Gasteiger partial charge in [-0.25, -0.2) is 0 Å². The van der Waals surface area contributed by atoms with Gasteiger partial charge in [0.05, 0.1) is 18.3 Å². The Morgan fingerprint density at radius 1 is 1.50 bits per heavy atom. The molecule has 0 aliphatic carbocycles. The maximum Gasteiger partial charge on any atom is 0.0609 e. The fourth-order valence-corrected chi connectivity index (χ4v) is 2.50. The van der Waals surface area contributed by atoms with Crippen molar-refractivity contribution >= 4 is 0 Å². The van der Waals surface area contributed by atoms with E-state index >= 15 is 0 Å². The number of aliphatic hydroxyl groups excluding tert-OH is 1. The summed E-state index contributed by atoms with van der Waals surface area (Å²) < 4.78 is 5.74. The molecule has 0 amide bonds. The van der Waals surface area contributed by atoms with Crippen LogP contribution >= 0.6 is 0 Å². The molecule has 4 atom stereocenters. The minimum Gasteiger partial charge on any atom is -0.393 e. The quantitative estimate of drug-likeness (QED) is 0.698. The first kappa shape index (κ1) is 8.52. The third-order valence-corrected chi connectivity index (χ3v) is 3.19. The lowest BCUT2D eigenvalue weighted by Crippen LogP contribution is -2.17. The van der Waals surface area contributed by atoms with Crippen molar-refractivity contribution in [2.45, 2.75) is 57.3 Å². The molecular weight excluding hydrogens is 152 g/mol. The molecule has 1 N–H and O–H groups in total. The van der Waals surface area contributed by atoms with Crippen LogP contribution in [0.25, 0.3) is 0 Å². The Kier molecular flexibility index (Phi) is 2.37. The number of hydrogen-bond donors (Lipinski definition) is 1. The van der Waals surface area contributed by atoms with Crippen molar-refractivity contribution < 1.29 is 9.84 Å². The third kappa shape index (κ3) is 1.64. The Morgan fingerprint density at radius 3 is 2.83 bits per heavy atom. The van der Waals surface area contributed by atoms with Crippen molar-refractivity contribution in [3.63, 3.8) is 0 Å². The number of aliphatic hydroxyl groups is 1. The fraction of sp³-hybridized carbons (Fsp3) is 1.00. The van der Waals surface area contributed by atoms with Crippen LogP contribution in [0.4, 0.5) is 0 Å². The molecule has 0 aromatic carbocycles. The first-order valence-electron chi connectivity index (χ1n) is 5.09. The third-order valence-electron chi connectivity index (χ3n) is 3.19. The van der Waals surface area contributed by atoms with Crippen molar-refractivity contribution in [3.8, 4) is 0 Å². The van der Waals surface area contributed by atoms with Crippen LogP contribution in [0.1, 0.15) is 39.0 Å². The maximum absolute atomic E-state index is 9.14. The molecule has 2 saturated heterocycles. The monoisotopic (exact) mass is 170 g/mol. The summed E-state index contributed by atoms with van der Waals surface area (Å²) in [7, 11) is 0. The first-order valence-corrected chi connectivity index (χ1v) is 5.09. The summed E-state index contributed by atoms with van der Waals surface area (Å²) in [5, 5.41) is 9.14. The van der Waals surface area contributed by atoms with Gasteiger partial charge in [0.15, 0.2) is 0 Å². The molecule has 0 aromatic heterocycles. The normalized spacial score (nSPS) is 42.0. The molecule has 2 aliphatic rings. The summed E-state index contributed by atoms with van der Waals surface area (Å²) in [6.07, 6.45) is 6.84. The van der Waals surface area contributed by atoms with Gasteiger partial charge >= 0.3 is 0 Å². The minimum absolute atomic E-state index is 0.135. The maximum atomic E-state index is 9.14. The molecule has 2 nitrogen and oxygen atoms in total. The molecule has 2 fully saturated rings. The zero-order chi connectivity index (χ0) is 8.55. The van der Waals surface area contributed by atoms with Crippen LogP contribution < -0.4 is 0 Å². The minimum atomic E-state index is -0.135. The van der Waals surface area contributed by atoms with E-state index in [1.165, 1.54) is 19.3 Å². The number of ether oxygens (including phenoxy) is 1. The second-order valence-electron chi connectivity index (χ2n) is 4.30. The van der Waals surface area contributed by atoms with Gasteiger partial charge in [-0.1, -0.05) is 0 Å². The number of fused-ring (bicyclic) bond motifs is 2. The first-order chi connectivity index (χ1) is 5.75. The molecule has 0 radical (unpaired) electrons. The average molecular weight is 170 g/mol. The predicted molar refractivity (Wildman–Crippen MR) is 46.9 cm³/mol. The largest absolute Gasteiger partial charge is 0.393 e. The van der Waals surface area contributed by atoms with Gasteiger partial charge < -0.3 is 9.84 Å². The second kappa shape index (κ2) is 3.35. The summed E-state index contributed by atoms with van der Waals surface area (Å²) in [5.41, 5.74) is 0. The predicted octanol–water partition coefficient (Wildman–Crippen LogP) is 1.71. The summed E-state index contributed by atoms with van der Waals surface area (Å²) in [5.74, 6) is 0.748. The molecule has 0 saturated carbocycles. The Balaban J connectivity index is 1.76. The fourth-order valence-electron chi connectivity index (χ4n) is 2.50. The standard InChI is InChI=1S/C10H18O2/c1-7(11)2-3-8-6-9-4-5-10(8)12-9/h7-11H,2-6H2,1H3/t7-,8?,9?,10?/m0/s1. The van der Waals surface area contributed by atoms with Gasteiger partial charge in [-0.2, -0.15) is 0 Å². The zero-order valence-corrected chi connectivity index (χ0v) is 7.70. The zero-order valence-electron chi connectivity index (χ0n) is 7.70. The molecule has 2 aliphatic heterocycles. The van der Waals surface area contributed by atoms with Gasteiger partial charge in [0, 0.05) is 0 Å². The molecule has 2 heteroatoms. The Bertz CT molecular complexity index is 156. The van der Waals surface area contributed by atoms with Crippen LogP contribution in [0.2, 0.25) is 0 Å². The van der Waals surface area contributed by atoms with E-state index in [0.717, 1.165) is 18.8 Å². The van der Waals surface area contributed by atoms with E-state index in [1.54, 1.807) is 0 Å². The van der Waals surface area contributed by atoms with Crippen molar-refractivity contribution in [2.75, 3.05) is 0 Å². The van der Waals surface area contributed by atoms with Crippen LogP contribution in [0, 0.1) is 5.92 Å². The smallest absolute Gasteiger partial charge is 0.0609 e.